The Bertz CT molecular complexity index is 588. The molecule has 1 aliphatic carbocycles. The topological polar surface area (TPSA) is 52.0 Å². The molecule has 0 fully saturated rings. The van der Waals surface area contributed by atoms with Crippen LogP contribution >= 0.6 is 0 Å². The number of anilines is 1. The van der Waals surface area contributed by atoms with Crippen molar-refractivity contribution in [3.05, 3.63) is 46.8 Å². The molecule has 3 nitrogen and oxygen atoms in total. The maximum Gasteiger partial charge on any atom is 0.147 e. The molecule has 1 aliphatic rings. The van der Waals surface area contributed by atoms with E-state index in [-0.39, 0.29) is 5.41 Å². The van der Waals surface area contributed by atoms with Crippen LogP contribution in [0.2, 0.25) is 0 Å². The van der Waals surface area contributed by atoms with Crippen LogP contribution < -0.4 is 5.73 Å². The zero-order valence-corrected chi connectivity index (χ0v) is 10.9. The fourth-order valence-electron chi connectivity index (χ4n) is 3.10. The van der Waals surface area contributed by atoms with E-state index in [0.29, 0.717) is 5.69 Å². The van der Waals surface area contributed by atoms with Crippen molar-refractivity contribution in [2.24, 2.45) is 0 Å². The van der Waals surface area contributed by atoms with Crippen molar-refractivity contribution in [1.82, 2.24) is 5.16 Å². The van der Waals surface area contributed by atoms with Gasteiger partial charge in [-0.3, -0.25) is 0 Å². The van der Waals surface area contributed by atoms with Crippen LogP contribution in [0.25, 0.3) is 0 Å². The standard InChI is InChI=1S/C15H18N2O/c1-10-5-6-11-4-3-7-15(2,12(11)8-10)14-13(16)9-18-17-14/h5-6,8-9H,3-4,7,16H2,1-2H3. The fourth-order valence-corrected chi connectivity index (χ4v) is 3.10. The summed E-state index contributed by atoms with van der Waals surface area (Å²) in [6.45, 7) is 4.35. The van der Waals surface area contributed by atoms with Gasteiger partial charge in [-0.25, -0.2) is 0 Å². The van der Waals surface area contributed by atoms with E-state index >= 15 is 0 Å². The Kier molecular flexibility index (Phi) is 2.44. The summed E-state index contributed by atoms with van der Waals surface area (Å²) in [7, 11) is 0. The Hall–Kier alpha value is -1.77. The second-order valence-corrected chi connectivity index (χ2v) is 5.46. The number of nitrogens with two attached hydrogens (primary N) is 1. The first-order valence-electron chi connectivity index (χ1n) is 6.41. The molecule has 18 heavy (non-hydrogen) atoms. The average Bonchev–Trinajstić information content (AvgIpc) is 2.77. The van der Waals surface area contributed by atoms with Crippen LogP contribution in [-0.2, 0) is 11.8 Å². The molecule has 1 heterocycles. The number of hydrogen-bond donors (Lipinski definition) is 1. The number of aryl methyl sites for hydroxylation is 2. The third kappa shape index (κ3) is 1.54. The smallest absolute Gasteiger partial charge is 0.147 e. The lowest BCUT2D eigenvalue weighted by Gasteiger charge is -2.35. The Labute approximate surface area is 107 Å². The molecular weight excluding hydrogens is 224 g/mol. The molecule has 3 heteroatoms. The molecule has 0 amide bonds. The molecule has 0 bridgehead atoms. The molecule has 0 spiro atoms. The van der Waals surface area contributed by atoms with Crippen molar-refractivity contribution in [3.8, 4) is 0 Å². The first-order chi connectivity index (χ1) is 8.61. The normalized spacial score (nSPS) is 22.8. The van der Waals surface area contributed by atoms with Gasteiger partial charge < -0.3 is 10.3 Å². The third-order valence-electron chi connectivity index (χ3n) is 4.10. The quantitative estimate of drug-likeness (QED) is 0.835. The Balaban J connectivity index is 2.21. The Morgan fingerprint density at radius 3 is 2.94 bits per heavy atom. The number of benzene rings is 1. The lowest BCUT2D eigenvalue weighted by atomic mass is 9.69. The summed E-state index contributed by atoms with van der Waals surface area (Å²) in [6.07, 6.45) is 4.91. The van der Waals surface area contributed by atoms with Crippen molar-refractivity contribution in [2.45, 2.75) is 38.5 Å². The van der Waals surface area contributed by atoms with Gasteiger partial charge >= 0.3 is 0 Å². The van der Waals surface area contributed by atoms with Crippen LogP contribution in [0.1, 0.15) is 42.1 Å². The molecule has 94 valence electrons. The van der Waals surface area contributed by atoms with Crippen LogP contribution in [0.5, 0.6) is 0 Å². The summed E-state index contributed by atoms with van der Waals surface area (Å²) in [4.78, 5) is 0. The number of aromatic nitrogens is 1. The highest BCUT2D eigenvalue weighted by Gasteiger charge is 2.37. The molecule has 0 aliphatic heterocycles. The predicted molar refractivity (Wildman–Crippen MR) is 71.5 cm³/mol. The number of rotatable bonds is 1. The van der Waals surface area contributed by atoms with Gasteiger partial charge in [0.05, 0.1) is 5.69 Å². The minimum atomic E-state index is -0.114. The highest BCUT2D eigenvalue weighted by molar-refractivity contribution is 5.52. The van der Waals surface area contributed by atoms with Crippen molar-refractivity contribution < 1.29 is 4.52 Å². The maximum absolute atomic E-state index is 6.00. The van der Waals surface area contributed by atoms with Gasteiger partial charge in [0.15, 0.2) is 0 Å². The van der Waals surface area contributed by atoms with E-state index < -0.39 is 0 Å². The summed E-state index contributed by atoms with van der Waals surface area (Å²) >= 11 is 0. The van der Waals surface area contributed by atoms with Gasteiger partial charge in [-0.15, -0.1) is 0 Å². The molecule has 1 unspecified atom stereocenters. The predicted octanol–water partition coefficient (Wildman–Crippen LogP) is 3.21. The van der Waals surface area contributed by atoms with E-state index in [1.807, 2.05) is 0 Å². The largest absolute Gasteiger partial charge is 0.395 e. The minimum absolute atomic E-state index is 0.114. The number of nitrogen functional groups attached to an aromatic ring is 1. The van der Waals surface area contributed by atoms with Crippen LogP contribution in [-0.4, -0.2) is 5.16 Å². The number of fused-ring (bicyclic) bond motifs is 1. The molecule has 0 saturated heterocycles. The monoisotopic (exact) mass is 242 g/mol. The molecule has 0 radical (unpaired) electrons. The Morgan fingerprint density at radius 2 is 2.22 bits per heavy atom. The van der Waals surface area contributed by atoms with E-state index in [1.165, 1.54) is 29.4 Å². The maximum atomic E-state index is 6.00. The van der Waals surface area contributed by atoms with Crippen molar-refractivity contribution >= 4 is 5.69 Å². The summed E-state index contributed by atoms with van der Waals surface area (Å²) in [5, 5.41) is 4.14. The van der Waals surface area contributed by atoms with E-state index in [2.05, 4.69) is 37.2 Å². The highest BCUT2D eigenvalue weighted by Crippen LogP contribution is 2.43. The fraction of sp³-hybridized carbons (Fsp3) is 0.400. The lowest BCUT2D eigenvalue weighted by molar-refractivity contribution is 0.376. The van der Waals surface area contributed by atoms with E-state index in [0.717, 1.165) is 18.5 Å². The number of nitrogens with zero attached hydrogens (tertiary/aromatic N) is 1. The van der Waals surface area contributed by atoms with Crippen molar-refractivity contribution in [2.75, 3.05) is 5.73 Å². The summed E-state index contributed by atoms with van der Waals surface area (Å²) in [6, 6.07) is 6.68. The first kappa shape index (κ1) is 11.3. The van der Waals surface area contributed by atoms with Gasteiger partial charge in [0.2, 0.25) is 0 Å². The molecule has 1 aromatic heterocycles. The van der Waals surface area contributed by atoms with Gasteiger partial charge in [0.1, 0.15) is 12.0 Å². The third-order valence-corrected chi connectivity index (χ3v) is 4.10. The second-order valence-electron chi connectivity index (χ2n) is 5.46. The highest BCUT2D eigenvalue weighted by atomic mass is 16.5. The van der Waals surface area contributed by atoms with Crippen LogP contribution in [0, 0.1) is 6.92 Å². The van der Waals surface area contributed by atoms with Gasteiger partial charge in [-0.05, 0) is 44.2 Å². The van der Waals surface area contributed by atoms with E-state index in [4.69, 9.17) is 10.3 Å². The van der Waals surface area contributed by atoms with Gasteiger partial charge in [-0.2, -0.15) is 0 Å². The summed E-state index contributed by atoms with van der Waals surface area (Å²) in [5.41, 5.74) is 11.5. The zero-order chi connectivity index (χ0) is 12.8. The second kappa shape index (κ2) is 3.87. The molecule has 2 aromatic rings. The lowest BCUT2D eigenvalue weighted by Crippen LogP contribution is -2.30. The molecule has 2 N–H and O–H groups in total. The summed E-state index contributed by atoms with van der Waals surface area (Å²) in [5.74, 6) is 0. The first-order valence-corrected chi connectivity index (χ1v) is 6.41. The molecule has 1 atom stereocenters. The van der Waals surface area contributed by atoms with Gasteiger partial charge in [-0.1, -0.05) is 28.9 Å². The summed E-state index contributed by atoms with van der Waals surface area (Å²) < 4.78 is 5.03. The average molecular weight is 242 g/mol. The SMILES string of the molecule is Cc1ccc2c(c1)C(C)(c1nocc1N)CCC2. The number of hydrogen-bond acceptors (Lipinski definition) is 3. The van der Waals surface area contributed by atoms with E-state index in [9.17, 15) is 0 Å². The Morgan fingerprint density at radius 1 is 1.39 bits per heavy atom. The molecular formula is C15H18N2O. The van der Waals surface area contributed by atoms with Crippen LogP contribution in [0.4, 0.5) is 5.69 Å². The van der Waals surface area contributed by atoms with Crippen molar-refractivity contribution in [3.63, 3.8) is 0 Å². The molecule has 0 saturated carbocycles. The van der Waals surface area contributed by atoms with Gasteiger partial charge in [0.25, 0.3) is 0 Å². The molecule has 1 aromatic carbocycles. The molecule has 3 rings (SSSR count). The minimum Gasteiger partial charge on any atom is -0.395 e. The van der Waals surface area contributed by atoms with E-state index in [1.54, 1.807) is 0 Å². The zero-order valence-electron chi connectivity index (χ0n) is 10.9. The van der Waals surface area contributed by atoms with Gasteiger partial charge in [0, 0.05) is 5.41 Å². The van der Waals surface area contributed by atoms with Crippen molar-refractivity contribution in [1.29, 1.82) is 0 Å². The van der Waals surface area contributed by atoms with Crippen LogP contribution in [0.15, 0.2) is 29.0 Å². The van der Waals surface area contributed by atoms with Crippen LogP contribution in [0.3, 0.4) is 0 Å².